The molecule has 3 heteroatoms. The van der Waals surface area contributed by atoms with Gasteiger partial charge in [-0.15, -0.1) is 0 Å². The molecular weight excluding hydrogens is 236 g/mol. The number of piperidine rings is 1. The lowest BCUT2D eigenvalue weighted by Gasteiger charge is -2.26. The Bertz CT molecular complexity index is 328. The Balaban J connectivity index is 0.000000861. The Morgan fingerprint density at radius 3 is 2.58 bits per heavy atom. The Morgan fingerprint density at radius 1 is 1.32 bits per heavy atom. The lowest BCUT2D eigenvalue weighted by atomic mass is 9.96. The molecule has 0 aromatic carbocycles. The van der Waals surface area contributed by atoms with Crippen LogP contribution in [0.15, 0.2) is 23.8 Å². The third-order valence-corrected chi connectivity index (χ3v) is 3.73. The summed E-state index contributed by atoms with van der Waals surface area (Å²) in [6, 6.07) is 0. The smallest absolute Gasteiger partial charge is 0.222 e. The van der Waals surface area contributed by atoms with E-state index in [9.17, 15) is 4.79 Å². The molecule has 19 heavy (non-hydrogen) atoms. The van der Waals surface area contributed by atoms with Crippen LogP contribution in [0.5, 0.6) is 0 Å². The molecule has 108 valence electrons. The normalized spacial score (nSPS) is 22.4. The van der Waals surface area contributed by atoms with Crippen molar-refractivity contribution in [2.24, 2.45) is 11.7 Å². The molecule has 1 heterocycles. The number of likely N-dealkylation sites (tertiary alicyclic amines) is 1. The van der Waals surface area contributed by atoms with Crippen LogP contribution >= 0.6 is 0 Å². The van der Waals surface area contributed by atoms with E-state index in [0.717, 1.165) is 25.9 Å². The second-order valence-corrected chi connectivity index (χ2v) is 5.29. The first-order chi connectivity index (χ1) is 9.25. The minimum atomic E-state index is 0.345. The fraction of sp³-hybridized carbons (Fsp3) is 0.688. The molecule has 0 radical (unpaired) electrons. The van der Waals surface area contributed by atoms with Crippen LogP contribution in [-0.4, -0.2) is 30.9 Å². The van der Waals surface area contributed by atoms with Crippen LogP contribution in [0.3, 0.4) is 0 Å². The molecule has 0 saturated carbocycles. The highest BCUT2D eigenvalue weighted by Crippen LogP contribution is 2.20. The number of allylic oxidation sites excluding steroid dienone is 4. The first-order valence-corrected chi connectivity index (χ1v) is 7.48. The fourth-order valence-corrected chi connectivity index (χ4v) is 2.51. The van der Waals surface area contributed by atoms with Gasteiger partial charge in [0.25, 0.3) is 0 Å². The van der Waals surface area contributed by atoms with E-state index in [0.29, 0.717) is 18.2 Å². The van der Waals surface area contributed by atoms with Gasteiger partial charge in [-0.1, -0.05) is 30.7 Å². The molecule has 0 bridgehead atoms. The van der Waals surface area contributed by atoms with Crippen LogP contribution in [0.1, 0.15) is 45.4 Å². The number of hydrogen-bond donors (Lipinski definition) is 1. The summed E-state index contributed by atoms with van der Waals surface area (Å²) in [6.45, 7) is 4.18. The first kappa shape index (κ1) is 16.0. The van der Waals surface area contributed by atoms with E-state index in [1.807, 2.05) is 4.90 Å². The molecule has 1 atom stereocenters. The number of carbonyl (C=O) groups excluding carboxylic acids is 1. The Labute approximate surface area is 117 Å². The number of carbonyl (C=O) groups is 1. The summed E-state index contributed by atoms with van der Waals surface area (Å²) in [5.41, 5.74) is 5.84. The minimum absolute atomic E-state index is 0.345. The molecule has 2 aliphatic rings. The molecule has 1 fully saturated rings. The lowest BCUT2D eigenvalue weighted by molar-refractivity contribution is -0.132. The van der Waals surface area contributed by atoms with Gasteiger partial charge in [-0.05, 0) is 45.1 Å². The number of hydrogen-bond acceptors (Lipinski definition) is 2. The maximum Gasteiger partial charge on any atom is 0.222 e. The van der Waals surface area contributed by atoms with E-state index in [2.05, 4.69) is 30.9 Å². The van der Waals surface area contributed by atoms with E-state index in [-0.39, 0.29) is 0 Å². The van der Waals surface area contributed by atoms with E-state index in [1.165, 1.54) is 31.9 Å². The first-order valence-electron chi connectivity index (χ1n) is 7.48. The van der Waals surface area contributed by atoms with Crippen LogP contribution in [0, 0.1) is 5.92 Å². The van der Waals surface area contributed by atoms with Crippen LogP contribution in [-0.2, 0) is 4.79 Å². The second kappa shape index (κ2) is 8.92. The standard InChI is InChI=1S/C15H23NO.CH5N/c1-13-5-7-14(8-6-13)9-10-15(17)16-11-3-2-4-12-16;1-2/h5,7-8,13H,2-4,6,9-12H2,1H3;2H2,1H3. The Hall–Kier alpha value is -1.09. The molecule has 1 aliphatic carbocycles. The maximum absolute atomic E-state index is 12.0. The van der Waals surface area contributed by atoms with Crippen molar-refractivity contribution < 1.29 is 4.79 Å². The summed E-state index contributed by atoms with van der Waals surface area (Å²) in [6.07, 6.45) is 13.1. The summed E-state index contributed by atoms with van der Waals surface area (Å²) in [5, 5.41) is 0. The molecule has 0 spiro atoms. The maximum atomic E-state index is 12.0. The van der Waals surface area contributed by atoms with Crippen LogP contribution in [0.2, 0.25) is 0 Å². The molecule has 2 rings (SSSR count). The van der Waals surface area contributed by atoms with Gasteiger partial charge in [-0.25, -0.2) is 0 Å². The number of nitrogens with zero attached hydrogens (tertiary/aromatic N) is 1. The third-order valence-electron chi connectivity index (χ3n) is 3.73. The predicted octanol–water partition coefficient (Wildman–Crippen LogP) is 2.88. The molecule has 0 aromatic heterocycles. The summed E-state index contributed by atoms with van der Waals surface area (Å²) in [7, 11) is 1.50. The Morgan fingerprint density at radius 2 is 2.00 bits per heavy atom. The van der Waals surface area contributed by atoms with Gasteiger partial charge in [-0.3, -0.25) is 4.79 Å². The van der Waals surface area contributed by atoms with Gasteiger partial charge in [0, 0.05) is 19.5 Å². The quantitative estimate of drug-likeness (QED) is 0.852. The van der Waals surface area contributed by atoms with Gasteiger partial charge in [0.1, 0.15) is 0 Å². The lowest BCUT2D eigenvalue weighted by Crippen LogP contribution is -2.35. The van der Waals surface area contributed by atoms with E-state index < -0.39 is 0 Å². The van der Waals surface area contributed by atoms with Gasteiger partial charge in [0.05, 0.1) is 0 Å². The van der Waals surface area contributed by atoms with Crippen molar-refractivity contribution in [1.82, 2.24) is 4.90 Å². The fourth-order valence-electron chi connectivity index (χ4n) is 2.51. The van der Waals surface area contributed by atoms with Gasteiger partial charge in [-0.2, -0.15) is 0 Å². The van der Waals surface area contributed by atoms with Crippen molar-refractivity contribution in [3.05, 3.63) is 23.8 Å². The average molecular weight is 264 g/mol. The zero-order chi connectivity index (χ0) is 14.1. The monoisotopic (exact) mass is 264 g/mol. The molecule has 1 saturated heterocycles. The van der Waals surface area contributed by atoms with E-state index >= 15 is 0 Å². The van der Waals surface area contributed by atoms with Crippen molar-refractivity contribution in [3.63, 3.8) is 0 Å². The minimum Gasteiger partial charge on any atom is -0.343 e. The van der Waals surface area contributed by atoms with Crippen LogP contribution in [0.25, 0.3) is 0 Å². The molecular formula is C16H28N2O. The van der Waals surface area contributed by atoms with Crippen molar-refractivity contribution >= 4 is 5.91 Å². The summed E-state index contributed by atoms with van der Waals surface area (Å²) >= 11 is 0. The number of rotatable bonds is 3. The predicted molar refractivity (Wildman–Crippen MR) is 80.8 cm³/mol. The van der Waals surface area contributed by atoms with Gasteiger partial charge in [0.2, 0.25) is 5.91 Å². The summed E-state index contributed by atoms with van der Waals surface area (Å²) in [4.78, 5) is 14.0. The molecule has 1 amide bonds. The molecule has 2 N–H and O–H groups in total. The van der Waals surface area contributed by atoms with E-state index in [4.69, 9.17) is 0 Å². The van der Waals surface area contributed by atoms with E-state index in [1.54, 1.807) is 0 Å². The summed E-state index contributed by atoms with van der Waals surface area (Å²) in [5.74, 6) is 1.01. The highest BCUT2D eigenvalue weighted by atomic mass is 16.2. The van der Waals surface area contributed by atoms with Crippen molar-refractivity contribution in [2.45, 2.75) is 45.4 Å². The SMILES string of the molecule is CC1C=CC(CCC(=O)N2CCCCC2)=CC1.CN. The average Bonchev–Trinajstić information content (AvgIpc) is 2.49. The largest absolute Gasteiger partial charge is 0.343 e. The highest BCUT2D eigenvalue weighted by Gasteiger charge is 2.16. The van der Waals surface area contributed by atoms with Crippen LogP contribution in [0.4, 0.5) is 0 Å². The van der Waals surface area contributed by atoms with Gasteiger partial charge >= 0.3 is 0 Å². The van der Waals surface area contributed by atoms with Crippen molar-refractivity contribution in [2.75, 3.05) is 20.1 Å². The molecule has 1 unspecified atom stereocenters. The molecule has 3 nitrogen and oxygen atoms in total. The number of nitrogens with two attached hydrogens (primary N) is 1. The van der Waals surface area contributed by atoms with Crippen LogP contribution < -0.4 is 5.73 Å². The van der Waals surface area contributed by atoms with Gasteiger partial charge < -0.3 is 10.6 Å². The van der Waals surface area contributed by atoms with Crippen molar-refractivity contribution in [3.8, 4) is 0 Å². The number of amides is 1. The third kappa shape index (κ3) is 5.60. The zero-order valence-electron chi connectivity index (χ0n) is 12.4. The molecule has 1 aliphatic heterocycles. The Kier molecular flexibility index (Phi) is 7.49. The van der Waals surface area contributed by atoms with Gasteiger partial charge in [0.15, 0.2) is 0 Å². The summed E-state index contributed by atoms with van der Waals surface area (Å²) < 4.78 is 0. The van der Waals surface area contributed by atoms with Crippen molar-refractivity contribution in [1.29, 1.82) is 0 Å². The second-order valence-electron chi connectivity index (χ2n) is 5.29. The molecule has 0 aromatic rings. The zero-order valence-corrected chi connectivity index (χ0v) is 12.4. The topological polar surface area (TPSA) is 46.3 Å². The highest BCUT2D eigenvalue weighted by molar-refractivity contribution is 5.76.